The highest BCUT2D eigenvalue weighted by molar-refractivity contribution is 6.31. The van der Waals surface area contributed by atoms with Gasteiger partial charge in [-0.05, 0) is 42.0 Å². The summed E-state index contributed by atoms with van der Waals surface area (Å²) in [5.41, 5.74) is -0.276. The molecular formula is C17H13ClF3NO2. The van der Waals surface area contributed by atoms with E-state index in [0.717, 1.165) is 17.7 Å². The Morgan fingerprint density at radius 1 is 1.21 bits per heavy atom. The Morgan fingerprint density at radius 2 is 1.96 bits per heavy atom. The molecule has 0 saturated heterocycles. The van der Waals surface area contributed by atoms with E-state index in [1.54, 1.807) is 24.3 Å². The highest BCUT2D eigenvalue weighted by Gasteiger charge is 2.33. The molecule has 7 heteroatoms. The van der Waals surface area contributed by atoms with Gasteiger partial charge in [-0.1, -0.05) is 23.7 Å². The minimum absolute atomic E-state index is 0.00650. The lowest BCUT2D eigenvalue weighted by molar-refractivity contribution is -0.137. The number of carbonyl (C=O) groups excluding carboxylic acids is 1. The topological polar surface area (TPSA) is 38.3 Å². The minimum Gasteiger partial charge on any atom is -0.497 e. The molecule has 0 aliphatic rings. The van der Waals surface area contributed by atoms with Crippen molar-refractivity contribution in [3.05, 3.63) is 64.7 Å². The van der Waals surface area contributed by atoms with Crippen molar-refractivity contribution in [1.82, 2.24) is 0 Å². The third kappa shape index (κ3) is 4.76. The minimum atomic E-state index is -4.59. The zero-order valence-corrected chi connectivity index (χ0v) is 13.3. The van der Waals surface area contributed by atoms with Crippen molar-refractivity contribution < 1.29 is 22.7 Å². The second-order valence-electron chi connectivity index (χ2n) is 4.79. The Balaban J connectivity index is 2.11. The van der Waals surface area contributed by atoms with E-state index in [2.05, 4.69) is 5.32 Å². The molecule has 126 valence electrons. The van der Waals surface area contributed by atoms with Crippen LogP contribution in [0.15, 0.2) is 48.5 Å². The van der Waals surface area contributed by atoms with Crippen LogP contribution in [0.2, 0.25) is 5.02 Å². The third-order valence-corrected chi connectivity index (χ3v) is 3.39. The first-order valence-corrected chi connectivity index (χ1v) is 7.17. The number of hydrogen-bond donors (Lipinski definition) is 1. The van der Waals surface area contributed by atoms with Crippen LogP contribution in [0.1, 0.15) is 11.1 Å². The molecule has 0 aliphatic heterocycles. The largest absolute Gasteiger partial charge is 0.497 e. The fourth-order valence-corrected chi connectivity index (χ4v) is 2.15. The van der Waals surface area contributed by atoms with Crippen molar-refractivity contribution in [2.24, 2.45) is 0 Å². The van der Waals surface area contributed by atoms with Gasteiger partial charge in [-0.2, -0.15) is 13.2 Å². The van der Waals surface area contributed by atoms with E-state index in [-0.39, 0.29) is 5.69 Å². The van der Waals surface area contributed by atoms with Crippen molar-refractivity contribution in [2.75, 3.05) is 12.4 Å². The van der Waals surface area contributed by atoms with Crippen LogP contribution in [0.25, 0.3) is 6.08 Å². The van der Waals surface area contributed by atoms with E-state index >= 15 is 0 Å². The zero-order chi connectivity index (χ0) is 17.7. The van der Waals surface area contributed by atoms with E-state index < -0.39 is 22.7 Å². The molecule has 1 amide bonds. The van der Waals surface area contributed by atoms with Crippen molar-refractivity contribution in [3.8, 4) is 5.75 Å². The summed E-state index contributed by atoms with van der Waals surface area (Å²) in [7, 11) is 1.52. The predicted molar refractivity (Wildman–Crippen MR) is 87.1 cm³/mol. The first kappa shape index (κ1) is 17.9. The number of nitrogens with one attached hydrogen (secondary N) is 1. The van der Waals surface area contributed by atoms with Gasteiger partial charge in [-0.3, -0.25) is 4.79 Å². The maximum Gasteiger partial charge on any atom is 0.417 e. The molecule has 2 rings (SSSR count). The van der Waals surface area contributed by atoms with Crippen LogP contribution in [0, 0.1) is 0 Å². The summed E-state index contributed by atoms with van der Waals surface area (Å²) in [6.07, 6.45) is -1.84. The summed E-state index contributed by atoms with van der Waals surface area (Å²) in [5.74, 6) is 0.0679. The maximum absolute atomic E-state index is 12.8. The summed E-state index contributed by atoms with van der Waals surface area (Å²) in [5, 5.41) is 1.94. The number of ether oxygens (including phenoxy) is 1. The van der Waals surface area contributed by atoms with Crippen LogP contribution in [0.3, 0.4) is 0 Å². The van der Waals surface area contributed by atoms with Crippen molar-refractivity contribution in [1.29, 1.82) is 0 Å². The average molecular weight is 356 g/mol. The summed E-state index contributed by atoms with van der Waals surface area (Å²) < 4.78 is 43.4. The number of anilines is 1. The molecular weight excluding hydrogens is 343 g/mol. The van der Waals surface area contributed by atoms with Crippen molar-refractivity contribution in [3.63, 3.8) is 0 Å². The molecule has 0 bridgehead atoms. The van der Waals surface area contributed by atoms with E-state index in [4.69, 9.17) is 16.3 Å². The second kappa shape index (κ2) is 7.40. The molecule has 2 aromatic carbocycles. The molecule has 0 aliphatic carbocycles. The summed E-state index contributed by atoms with van der Waals surface area (Å²) in [4.78, 5) is 11.8. The van der Waals surface area contributed by atoms with Gasteiger partial charge >= 0.3 is 6.18 Å². The van der Waals surface area contributed by atoms with E-state index in [0.29, 0.717) is 5.75 Å². The van der Waals surface area contributed by atoms with Crippen LogP contribution in [0.5, 0.6) is 5.75 Å². The van der Waals surface area contributed by atoms with E-state index in [1.165, 1.54) is 25.3 Å². The number of benzene rings is 2. The molecule has 24 heavy (non-hydrogen) atoms. The number of rotatable bonds is 4. The van der Waals surface area contributed by atoms with E-state index in [1.807, 2.05) is 0 Å². The lowest BCUT2D eigenvalue weighted by Gasteiger charge is -2.11. The second-order valence-corrected chi connectivity index (χ2v) is 5.20. The third-order valence-electron chi connectivity index (χ3n) is 3.06. The molecule has 0 saturated carbocycles. The summed E-state index contributed by atoms with van der Waals surface area (Å²) in [6, 6.07) is 10.2. The van der Waals surface area contributed by atoms with Gasteiger partial charge in [0, 0.05) is 11.8 Å². The highest BCUT2D eigenvalue weighted by Crippen LogP contribution is 2.36. The molecule has 0 spiro atoms. The molecule has 2 aromatic rings. The maximum atomic E-state index is 12.8. The Bertz CT molecular complexity index is 773. The number of alkyl halides is 3. The predicted octanol–water partition coefficient (Wildman–Crippen LogP) is 5.02. The van der Waals surface area contributed by atoms with Crippen LogP contribution in [-0.4, -0.2) is 13.0 Å². The average Bonchev–Trinajstić information content (AvgIpc) is 2.54. The Labute approximate surface area is 141 Å². The fourth-order valence-electron chi connectivity index (χ4n) is 1.92. The Kier molecular flexibility index (Phi) is 5.51. The van der Waals surface area contributed by atoms with Gasteiger partial charge < -0.3 is 10.1 Å². The first-order chi connectivity index (χ1) is 11.3. The molecule has 1 N–H and O–H groups in total. The Hall–Kier alpha value is -2.47. The SMILES string of the molecule is COc1cccc(/C=C/C(=O)Nc2ccc(Cl)c(C(F)(F)F)c2)c1. The van der Waals surface area contributed by atoms with Gasteiger partial charge in [-0.15, -0.1) is 0 Å². The Morgan fingerprint density at radius 3 is 2.62 bits per heavy atom. The quantitative estimate of drug-likeness (QED) is 0.782. The zero-order valence-electron chi connectivity index (χ0n) is 12.5. The number of halogens is 4. The van der Waals surface area contributed by atoms with Crippen LogP contribution in [0.4, 0.5) is 18.9 Å². The smallest absolute Gasteiger partial charge is 0.417 e. The standard InChI is InChI=1S/C17H13ClF3NO2/c1-24-13-4-2-3-11(9-13)5-8-16(23)22-12-6-7-15(18)14(10-12)17(19,20)21/h2-10H,1H3,(H,22,23)/b8-5+. The van der Waals surface area contributed by atoms with Crippen LogP contribution >= 0.6 is 11.6 Å². The monoisotopic (exact) mass is 355 g/mol. The molecule has 0 heterocycles. The molecule has 0 radical (unpaired) electrons. The summed E-state index contributed by atoms with van der Waals surface area (Å²) >= 11 is 5.53. The van der Waals surface area contributed by atoms with Gasteiger partial charge in [0.05, 0.1) is 17.7 Å². The van der Waals surface area contributed by atoms with Gasteiger partial charge in [0.15, 0.2) is 0 Å². The first-order valence-electron chi connectivity index (χ1n) is 6.79. The number of amides is 1. The number of methoxy groups -OCH3 is 1. The van der Waals surface area contributed by atoms with Crippen molar-refractivity contribution >= 4 is 29.3 Å². The lowest BCUT2D eigenvalue weighted by atomic mass is 10.2. The lowest BCUT2D eigenvalue weighted by Crippen LogP contribution is -2.11. The van der Waals surface area contributed by atoms with Gasteiger partial charge in [0.1, 0.15) is 5.75 Å². The van der Waals surface area contributed by atoms with Crippen LogP contribution < -0.4 is 10.1 Å². The molecule has 0 atom stereocenters. The molecule has 3 nitrogen and oxygen atoms in total. The molecule has 0 unspecified atom stereocenters. The summed E-state index contributed by atoms with van der Waals surface area (Å²) in [6.45, 7) is 0. The fraction of sp³-hybridized carbons (Fsp3) is 0.118. The molecule has 0 aromatic heterocycles. The van der Waals surface area contributed by atoms with Gasteiger partial charge in [0.25, 0.3) is 0 Å². The highest BCUT2D eigenvalue weighted by atomic mass is 35.5. The van der Waals surface area contributed by atoms with Gasteiger partial charge in [-0.25, -0.2) is 0 Å². The molecule has 0 fully saturated rings. The normalized spacial score (nSPS) is 11.5. The van der Waals surface area contributed by atoms with Crippen molar-refractivity contribution in [2.45, 2.75) is 6.18 Å². The van der Waals surface area contributed by atoms with E-state index in [9.17, 15) is 18.0 Å². The van der Waals surface area contributed by atoms with Crippen LogP contribution in [-0.2, 0) is 11.0 Å². The van der Waals surface area contributed by atoms with Gasteiger partial charge in [0.2, 0.25) is 5.91 Å². The number of carbonyl (C=O) groups is 1. The number of hydrogen-bond acceptors (Lipinski definition) is 2.